The van der Waals surface area contributed by atoms with E-state index in [1.807, 2.05) is 6.07 Å². The Kier molecular flexibility index (Phi) is 4.42. The summed E-state index contributed by atoms with van der Waals surface area (Å²) in [5, 5.41) is 0. The summed E-state index contributed by atoms with van der Waals surface area (Å²) in [6, 6.07) is 10.6. The largest absolute Gasteiger partial charge is 0.399 e. The summed E-state index contributed by atoms with van der Waals surface area (Å²) in [4.78, 5) is -0.415. The van der Waals surface area contributed by atoms with Gasteiger partial charge in [0, 0.05) is 16.7 Å². The molecule has 106 valence electrons. The van der Waals surface area contributed by atoms with E-state index in [0.29, 0.717) is 0 Å². The highest BCUT2D eigenvalue weighted by Crippen LogP contribution is 2.18. The normalized spacial score (nSPS) is 11.5. The molecule has 0 saturated heterocycles. The zero-order chi connectivity index (χ0) is 14.8. The van der Waals surface area contributed by atoms with E-state index in [0.717, 1.165) is 22.2 Å². The first-order valence-electron chi connectivity index (χ1n) is 5.67. The fourth-order valence-electron chi connectivity index (χ4n) is 1.64. The molecule has 0 atom stereocenters. The van der Waals surface area contributed by atoms with Crippen molar-refractivity contribution in [3.8, 4) is 0 Å². The first-order valence-corrected chi connectivity index (χ1v) is 7.95. The first kappa shape index (κ1) is 15.0. The highest BCUT2D eigenvalue weighted by atomic mass is 79.9. The van der Waals surface area contributed by atoms with Crippen LogP contribution in [0.1, 0.15) is 5.56 Å². The Bertz CT molecular complexity index is 735. The summed E-state index contributed by atoms with van der Waals surface area (Å²) in [7, 11) is -3.91. The van der Waals surface area contributed by atoms with Gasteiger partial charge in [-0.15, -0.1) is 0 Å². The van der Waals surface area contributed by atoms with E-state index in [9.17, 15) is 12.8 Å². The predicted molar refractivity (Wildman–Crippen MR) is 79.0 cm³/mol. The Morgan fingerprint density at radius 3 is 2.60 bits per heavy atom. The van der Waals surface area contributed by atoms with Gasteiger partial charge in [-0.2, -0.15) is 0 Å². The average Bonchev–Trinajstić information content (AvgIpc) is 2.36. The number of anilines is 1. The second-order valence-corrected chi connectivity index (χ2v) is 6.80. The molecule has 0 saturated carbocycles. The van der Waals surface area contributed by atoms with Crippen LogP contribution in [-0.4, -0.2) is 8.42 Å². The smallest absolute Gasteiger partial charge is 0.243 e. The van der Waals surface area contributed by atoms with Gasteiger partial charge in [0.25, 0.3) is 0 Å². The van der Waals surface area contributed by atoms with Gasteiger partial charge >= 0.3 is 0 Å². The van der Waals surface area contributed by atoms with Crippen LogP contribution in [0.25, 0.3) is 0 Å². The number of benzene rings is 2. The van der Waals surface area contributed by atoms with Crippen LogP contribution in [-0.2, 0) is 16.6 Å². The topological polar surface area (TPSA) is 72.2 Å². The zero-order valence-electron chi connectivity index (χ0n) is 10.3. The summed E-state index contributed by atoms with van der Waals surface area (Å²) in [6.45, 7) is 0.0750. The molecular weight excluding hydrogens is 347 g/mol. The third-order valence-corrected chi connectivity index (χ3v) is 4.53. The van der Waals surface area contributed by atoms with Crippen molar-refractivity contribution in [3.63, 3.8) is 0 Å². The lowest BCUT2D eigenvalue weighted by Gasteiger charge is -2.08. The predicted octanol–water partition coefficient (Wildman–Crippen LogP) is 2.65. The average molecular weight is 359 g/mol. The maximum atomic E-state index is 13.6. The van der Waals surface area contributed by atoms with Crippen molar-refractivity contribution in [2.24, 2.45) is 0 Å². The van der Waals surface area contributed by atoms with Crippen molar-refractivity contribution in [2.45, 2.75) is 11.4 Å². The first-order chi connectivity index (χ1) is 9.38. The minimum atomic E-state index is -3.91. The number of sulfonamides is 1. The van der Waals surface area contributed by atoms with E-state index in [-0.39, 0.29) is 12.2 Å². The van der Waals surface area contributed by atoms with Crippen LogP contribution in [0, 0.1) is 5.82 Å². The van der Waals surface area contributed by atoms with Crippen molar-refractivity contribution in [1.82, 2.24) is 4.72 Å². The van der Waals surface area contributed by atoms with E-state index in [1.54, 1.807) is 18.2 Å². The van der Waals surface area contributed by atoms with Crippen LogP contribution in [0.2, 0.25) is 0 Å². The molecule has 0 unspecified atom stereocenters. The number of rotatable bonds is 4. The second kappa shape index (κ2) is 5.90. The Hall–Kier alpha value is -1.44. The molecule has 0 amide bonds. The fraction of sp³-hybridized carbons (Fsp3) is 0.0769. The van der Waals surface area contributed by atoms with Gasteiger partial charge in [0.1, 0.15) is 10.7 Å². The van der Waals surface area contributed by atoms with Crippen molar-refractivity contribution in [2.75, 3.05) is 5.73 Å². The van der Waals surface area contributed by atoms with Crippen LogP contribution in [0.4, 0.5) is 10.1 Å². The molecule has 0 spiro atoms. The molecule has 2 aromatic carbocycles. The van der Waals surface area contributed by atoms with Crippen LogP contribution in [0.15, 0.2) is 51.8 Å². The van der Waals surface area contributed by atoms with Crippen LogP contribution in [0.3, 0.4) is 0 Å². The van der Waals surface area contributed by atoms with E-state index in [4.69, 9.17) is 5.73 Å². The summed E-state index contributed by atoms with van der Waals surface area (Å²) < 4.78 is 40.9. The number of nitrogens with one attached hydrogen (secondary N) is 1. The molecule has 0 aliphatic heterocycles. The quantitative estimate of drug-likeness (QED) is 0.825. The third kappa shape index (κ3) is 3.56. The number of hydrogen-bond acceptors (Lipinski definition) is 3. The van der Waals surface area contributed by atoms with Gasteiger partial charge in [-0.25, -0.2) is 17.5 Å². The minimum absolute atomic E-state index is 0.0750. The van der Waals surface area contributed by atoms with E-state index in [1.165, 1.54) is 6.07 Å². The summed E-state index contributed by atoms with van der Waals surface area (Å²) in [6.07, 6.45) is 0. The van der Waals surface area contributed by atoms with Gasteiger partial charge in [0.2, 0.25) is 10.0 Å². The molecule has 2 aromatic rings. The Morgan fingerprint density at radius 1 is 1.20 bits per heavy atom. The fourth-order valence-corrected chi connectivity index (χ4v) is 3.16. The van der Waals surface area contributed by atoms with Crippen molar-refractivity contribution < 1.29 is 12.8 Å². The zero-order valence-corrected chi connectivity index (χ0v) is 12.7. The molecule has 0 aromatic heterocycles. The van der Waals surface area contributed by atoms with Crippen LogP contribution < -0.4 is 10.5 Å². The molecule has 7 heteroatoms. The maximum Gasteiger partial charge on any atom is 0.243 e. The van der Waals surface area contributed by atoms with E-state index < -0.39 is 20.7 Å². The molecule has 4 nitrogen and oxygen atoms in total. The van der Waals surface area contributed by atoms with Gasteiger partial charge in [0.05, 0.1) is 0 Å². The molecule has 0 radical (unpaired) electrons. The van der Waals surface area contributed by atoms with Gasteiger partial charge < -0.3 is 5.73 Å². The van der Waals surface area contributed by atoms with E-state index >= 15 is 0 Å². The molecular formula is C13H12BrFN2O2S. The molecule has 0 fully saturated rings. The Balaban J connectivity index is 2.19. The number of hydrogen-bond donors (Lipinski definition) is 2. The highest BCUT2D eigenvalue weighted by molar-refractivity contribution is 9.10. The standard InChI is InChI=1S/C13H12BrFN2O2S/c14-10-3-1-2-9(6-10)8-17-20(18,19)13-5-4-11(16)7-12(13)15/h1-7,17H,8,16H2. The van der Waals surface area contributed by atoms with Gasteiger partial charge in [-0.05, 0) is 35.9 Å². The molecule has 0 aliphatic carbocycles. The molecule has 2 rings (SSSR count). The van der Waals surface area contributed by atoms with Crippen molar-refractivity contribution >= 4 is 31.6 Å². The molecule has 20 heavy (non-hydrogen) atoms. The van der Waals surface area contributed by atoms with E-state index in [2.05, 4.69) is 20.7 Å². The molecule has 0 heterocycles. The molecule has 0 aliphatic rings. The molecule has 0 bridgehead atoms. The second-order valence-electron chi connectivity index (χ2n) is 4.14. The highest BCUT2D eigenvalue weighted by Gasteiger charge is 2.18. The van der Waals surface area contributed by atoms with Gasteiger partial charge in [-0.1, -0.05) is 28.1 Å². The van der Waals surface area contributed by atoms with Gasteiger partial charge in [-0.3, -0.25) is 0 Å². The molecule has 3 N–H and O–H groups in total. The lowest BCUT2D eigenvalue weighted by atomic mass is 10.2. The lowest BCUT2D eigenvalue weighted by molar-refractivity contribution is 0.557. The van der Waals surface area contributed by atoms with Crippen LogP contribution in [0.5, 0.6) is 0 Å². The van der Waals surface area contributed by atoms with Crippen molar-refractivity contribution in [1.29, 1.82) is 0 Å². The number of nitrogen functional groups attached to an aromatic ring is 1. The summed E-state index contributed by atoms with van der Waals surface area (Å²) >= 11 is 3.30. The SMILES string of the molecule is Nc1ccc(S(=O)(=O)NCc2cccc(Br)c2)c(F)c1. The number of nitrogens with two attached hydrogens (primary N) is 1. The lowest BCUT2D eigenvalue weighted by Crippen LogP contribution is -2.24. The minimum Gasteiger partial charge on any atom is -0.399 e. The number of halogens is 2. The maximum absolute atomic E-state index is 13.6. The van der Waals surface area contributed by atoms with Gasteiger partial charge in [0.15, 0.2) is 0 Å². The Morgan fingerprint density at radius 2 is 1.95 bits per heavy atom. The summed E-state index contributed by atoms with van der Waals surface area (Å²) in [5.74, 6) is -0.869. The monoisotopic (exact) mass is 358 g/mol. The third-order valence-electron chi connectivity index (χ3n) is 2.60. The summed E-state index contributed by atoms with van der Waals surface area (Å²) in [5.41, 5.74) is 6.33. The van der Waals surface area contributed by atoms with Crippen LogP contribution >= 0.6 is 15.9 Å². The Labute approximate surface area is 125 Å². The van der Waals surface area contributed by atoms with Crippen molar-refractivity contribution in [3.05, 3.63) is 58.3 Å².